The minimum absolute atomic E-state index is 0.000673. The zero-order chi connectivity index (χ0) is 15.2. The number of furan rings is 1. The molecule has 0 radical (unpaired) electrons. The maximum Gasteiger partial charge on any atom is 0.406 e. The van der Waals surface area contributed by atoms with Crippen molar-refractivity contribution in [2.45, 2.75) is 32.0 Å². The van der Waals surface area contributed by atoms with Gasteiger partial charge in [0, 0.05) is 12.8 Å². The van der Waals surface area contributed by atoms with Gasteiger partial charge in [0.1, 0.15) is 12.3 Å². The molecule has 1 amide bonds. The van der Waals surface area contributed by atoms with Crippen LogP contribution in [0.25, 0.3) is 0 Å². The lowest BCUT2D eigenvalue weighted by Crippen LogP contribution is -2.38. The molecular formula is C12H14F3NO4. The molecule has 0 unspecified atom stereocenters. The van der Waals surface area contributed by atoms with Crippen molar-refractivity contribution in [3.05, 3.63) is 24.2 Å². The van der Waals surface area contributed by atoms with Gasteiger partial charge in [-0.2, -0.15) is 13.2 Å². The molecule has 0 bridgehead atoms. The van der Waals surface area contributed by atoms with Gasteiger partial charge in [-0.3, -0.25) is 9.59 Å². The first kappa shape index (κ1) is 16.1. The van der Waals surface area contributed by atoms with Gasteiger partial charge >= 0.3 is 12.1 Å². The lowest BCUT2D eigenvalue weighted by Gasteiger charge is -2.23. The number of carboxylic acids is 1. The van der Waals surface area contributed by atoms with Crippen molar-refractivity contribution in [1.29, 1.82) is 0 Å². The lowest BCUT2D eigenvalue weighted by atomic mass is 10.2. The minimum atomic E-state index is -4.52. The lowest BCUT2D eigenvalue weighted by molar-refractivity contribution is -0.163. The first-order valence-corrected chi connectivity index (χ1v) is 5.86. The SMILES string of the molecule is O=C(O)CCCC(=O)N(Cc1ccco1)CC(F)(F)F. The third-order valence-electron chi connectivity index (χ3n) is 2.43. The van der Waals surface area contributed by atoms with Crippen LogP contribution in [0.3, 0.4) is 0 Å². The van der Waals surface area contributed by atoms with Gasteiger partial charge in [-0.05, 0) is 18.6 Å². The summed E-state index contributed by atoms with van der Waals surface area (Å²) in [6.07, 6.45) is -3.72. The average Bonchev–Trinajstić information content (AvgIpc) is 2.78. The van der Waals surface area contributed by atoms with E-state index < -0.39 is 24.6 Å². The second-order valence-electron chi connectivity index (χ2n) is 4.19. The van der Waals surface area contributed by atoms with Crippen molar-refractivity contribution in [2.75, 3.05) is 6.54 Å². The van der Waals surface area contributed by atoms with Crippen LogP contribution in [-0.2, 0) is 16.1 Å². The average molecular weight is 293 g/mol. The summed E-state index contributed by atoms with van der Waals surface area (Å²) >= 11 is 0. The van der Waals surface area contributed by atoms with E-state index in [2.05, 4.69) is 0 Å². The van der Waals surface area contributed by atoms with Gasteiger partial charge in [0.25, 0.3) is 0 Å². The Morgan fingerprint density at radius 2 is 2.00 bits per heavy atom. The molecule has 0 aliphatic heterocycles. The van der Waals surface area contributed by atoms with E-state index in [-0.39, 0.29) is 31.6 Å². The molecule has 8 heteroatoms. The van der Waals surface area contributed by atoms with Gasteiger partial charge in [-0.15, -0.1) is 0 Å². The first-order chi connectivity index (χ1) is 9.28. The normalized spacial score (nSPS) is 11.3. The Balaban J connectivity index is 2.61. The molecule has 0 atom stereocenters. The maximum absolute atomic E-state index is 12.4. The van der Waals surface area contributed by atoms with Gasteiger partial charge in [0.2, 0.25) is 5.91 Å². The highest BCUT2D eigenvalue weighted by molar-refractivity contribution is 5.77. The standard InChI is InChI=1S/C12H14F3NO4/c13-12(14,15)8-16(7-9-3-2-6-20-9)10(17)4-1-5-11(18)19/h2-3,6H,1,4-5,7-8H2,(H,18,19). The van der Waals surface area contributed by atoms with Gasteiger partial charge in [-0.1, -0.05) is 0 Å². The monoisotopic (exact) mass is 293 g/mol. The van der Waals surface area contributed by atoms with Crippen molar-refractivity contribution in [1.82, 2.24) is 4.90 Å². The fourth-order valence-corrected chi connectivity index (χ4v) is 1.59. The van der Waals surface area contributed by atoms with Crippen molar-refractivity contribution in [2.24, 2.45) is 0 Å². The third kappa shape index (κ3) is 6.26. The van der Waals surface area contributed by atoms with E-state index >= 15 is 0 Å². The predicted octanol–water partition coefficient (Wildman–Crippen LogP) is 2.43. The first-order valence-electron chi connectivity index (χ1n) is 5.86. The largest absolute Gasteiger partial charge is 0.481 e. The van der Waals surface area contributed by atoms with Crippen molar-refractivity contribution >= 4 is 11.9 Å². The van der Waals surface area contributed by atoms with Crippen LogP contribution in [0.4, 0.5) is 13.2 Å². The molecule has 1 rings (SSSR count). The van der Waals surface area contributed by atoms with Gasteiger partial charge in [-0.25, -0.2) is 0 Å². The Bertz CT molecular complexity index is 442. The van der Waals surface area contributed by atoms with Crippen LogP contribution in [-0.4, -0.2) is 34.6 Å². The van der Waals surface area contributed by atoms with Crippen molar-refractivity contribution < 1.29 is 32.3 Å². The smallest absolute Gasteiger partial charge is 0.406 e. The zero-order valence-corrected chi connectivity index (χ0v) is 10.5. The van der Waals surface area contributed by atoms with Crippen LogP contribution in [0.15, 0.2) is 22.8 Å². The molecule has 0 fully saturated rings. The fourth-order valence-electron chi connectivity index (χ4n) is 1.59. The molecule has 5 nitrogen and oxygen atoms in total. The Morgan fingerprint density at radius 1 is 1.30 bits per heavy atom. The number of hydrogen-bond donors (Lipinski definition) is 1. The van der Waals surface area contributed by atoms with Gasteiger partial charge in [0.15, 0.2) is 0 Å². The molecule has 1 heterocycles. The summed E-state index contributed by atoms with van der Waals surface area (Å²) in [5.41, 5.74) is 0. The molecule has 1 aromatic heterocycles. The summed E-state index contributed by atoms with van der Waals surface area (Å²) in [7, 11) is 0. The summed E-state index contributed by atoms with van der Waals surface area (Å²) in [6.45, 7) is -1.68. The number of rotatable bonds is 7. The Kier molecular flexibility index (Phi) is 5.60. The number of halogens is 3. The highest BCUT2D eigenvalue weighted by Crippen LogP contribution is 2.19. The molecule has 0 aliphatic rings. The topological polar surface area (TPSA) is 70.8 Å². The van der Waals surface area contributed by atoms with Crippen molar-refractivity contribution in [3.63, 3.8) is 0 Å². The van der Waals surface area contributed by atoms with E-state index in [9.17, 15) is 22.8 Å². The molecule has 1 N–H and O–H groups in total. The Hall–Kier alpha value is -1.99. The summed E-state index contributed by atoms with van der Waals surface area (Å²) in [4.78, 5) is 22.6. The van der Waals surface area contributed by atoms with E-state index in [0.717, 1.165) is 0 Å². The van der Waals surface area contributed by atoms with Crippen LogP contribution in [0.1, 0.15) is 25.0 Å². The number of amides is 1. The molecule has 0 aliphatic carbocycles. The van der Waals surface area contributed by atoms with E-state index in [1.807, 2.05) is 0 Å². The predicted molar refractivity (Wildman–Crippen MR) is 61.7 cm³/mol. The molecule has 0 saturated heterocycles. The highest BCUT2D eigenvalue weighted by Gasteiger charge is 2.33. The molecule has 20 heavy (non-hydrogen) atoms. The van der Waals surface area contributed by atoms with Crippen molar-refractivity contribution in [3.8, 4) is 0 Å². The quantitative estimate of drug-likeness (QED) is 0.838. The van der Waals surface area contributed by atoms with E-state index in [1.54, 1.807) is 0 Å². The number of carbonyl (C=O) groups excluding carboxylic acids is 1. The molecule has 0 aromatic carbocycles. The number of aliphatic carboxylic acids is 1. The molecule has 0 spiro atoms. The molecular weight excluding hydrogens is 279 g/mol. The van der Waals surface area contributed by atoms with Crippen LogP contribution in [0.2, 0.25) is 0 Å². The molecule has 0 saturated carbocycles. The molecule has 1 aromatic rings. The van der Waals surface area contributed by atoms with Crippen LogP contribution < -0.4 is 0 Å². The summed E-state index contributed by atoms with van der Waals surface area (Å²) < 4.78 is 42.2. The second-order valence-corrected chi connectivity index (χ2v) is 4.19. The van der Waals surface area contributed by atoms with Crippen LogP contribution in [0, 0.1) is 0 Å². The summed E-state index contributed by atoms with van der Waals surface area (Å²) in [6, 6.07) is 2.98. The highest BCUT2D eigenvalue weighted by atomic mass is 19.4. The molecule has 112 valence electrons. The van der Waals surface area contributed by atoms with E-state index in [1.165, 1.54) is 18.4 Å². The van der Waals surface area contributed by atoms with Crippen LogP contribution in [0.5, 0.6) is 0 Å². The number of hydrogen-bond acceptors (Lipinski definition) is 3. The Morgan fingerprint density at radius 3 is 2.50 bits per heavy atom. The Labute approximate surface area is 113 Å². The van der Waals surface area contributed by atoms with E-state index in [0.29, 0.717) is 4.90 Å². The van der Waals surface area contributed by atoms with Gasteiger partial charge < -0.3 is 14.4 Å². The maximum atomic E-state index is 12.4. The third-order valence-corrected chi connectivity index (χ3v) is 2.43. The number of nitrogens with zero attached hydrogens (tertiary/aromatic N) is 1. The second kappa shape index (κ2) is 6.97. The zero-order valence-electron chi connectivity index (χ0n) is 10.5. The summed E-state index contributed by atoms with van der Waals surface area (Å²) in [5.74, 6) is -1.60. The fraction of sp³-hybridized carbons (Fsp3) is 0.500. The van der Waals surface area contributed by atoms with Gasteiger partial charge in [0.05, 0.1) is 12.8 Å². The van der Waals surface area contributed by atoms with Crippen LogP contribution >= 0.6 is 0 Å². The minimum Gasteiger partial charge on any atom is -0.481 e. The number of carbonyl (C=O) groups is 2. The number of carboxylic acid groups (broad SMARTS) is 1. The summed E-state index contributed by atoms with van der Waals surface area (Å²) in [5, 5.41) is 8.44. The van der Waals surface area contributed by atoms with E-state index in [4.69, 9.17) is 9.52 Å². The number of alkyl halides is 3.